The summed E-state index contributed by atoms with van der Waals surface area (Å²) >= 11 is 0. The zero-order valence-electron chi connectivity index (χ0n) is 22.1. The van der Waals surface area contributed by atoms with Crippen molar-refractivity contribution in [3.05, 3.63) is 146 Å². The van der Waals surface area contributed by atoms with Crippen LogP contribution < -0.4 is 0 Å². The van der Waals surface area contributed by atoms with Gasteiger partial charge in [-0.25, -0.2) is 4.98 Å². The number of hydrogen-bond acceptors (Lipinski definition) is 3. The van der Waals surface area contributed by atoms with E-state index in [4.69, 9.17) is 4.98 Å². The summed E-state index contributed by atoms with van der Waals surface area (Å²) in [4.78, 5) is 14.1. The molecule has 0 aliphatic carbocycles. The zero-order chi connectivity index (χ0) is 27.2. The van der Waals surface area contributed by atoms with Gasteiger partial charge in [-0.15, -0.1) is 0 Å². The summed E-state index contributed by atoms with van der Waals surface area (Å²) in [7, 11) is 0. The molecule has 0 saturated carbocycles. The van der Waals surface area contributed by atoms with Crippen LogP contribution in [-0.2, 0) is 0 Å². The molecule has 0 unspecified atom stereocenters. The lowest BCUT2D eigenvalue weighted by Crippen LogP contribution is -1.95. The highest BCUT2D eigenvalue weighted by Gasteiger charge is 2.14. The van der Waals surface area contributed by atoms with E-state index in [9.17, 15) is 0 Å². The molecule has 0 radical (unpaired) electrons. The first-order valence-corrected chi connectivity index (χ1v) is 13.7. The van der Waals surface area contributed by atoms with E-state index in [1.54, 1.807) is 0 Å². The maximum atomic E-state index is 5.10. The van der Waals surface area contributed by atoms with Gasteiger partial charge in [-0.3, -0.25) is 9.97 Å². The maximum Gasteiger partial charge on any atom is 0.0899 e. The predicted molar refractivity (Wildman–Crippen MR) is 168 cm³/mol. The quantitative estimate of drug-likeness (QED) is 0.231. The number of benzene rings is 4. The standard InChI is InChI=1S/C37H24N4/c1-2-10-29-26(8-1)9-7-12-30(29)34-22-27(23-35(40-34)33-13-5-6-20-39-33)25-15-17-28(18-16-25)41-36-14-4-3-11-31(36)32-24-38-21-19-37(32)41/h1-24H. The molecule has 4 heteroatoms. The van der Waals surface area contributed by atoms with Gasteiger partial charge in [0.2, 0.25) is 0 Å². The monoisotopic (exact) mass is 524 g/mol. The van der Waals surface area contributed by atoms with Crippen LogP contribution in [0.2, 0.25) is 0 Å². The molecule has 0 spiro atoms. The van der Waals surface area contributed by atoms with Crippen LogP contribution in [0, 0.1) is 0 Å². The molecular formula is C37H24N4. The average Bonchev–Trinajstić information content (AvgIpc) is 3.39. The molecule has 0 atom stereocenters. The fourth-order valence-corrected chi connectivity index (χ4v) is 5.83. The summed E-state index contributed by atoms with van der Waals surface area (Å²) in [5.41, 5.74) is 9.39. The Bertz CT molecular complexity index is 2140. The summed E-state index contributed by atoms with van der Waals surface area (Å²) < 4.78 is 2.31. The van der Waals surface area contributed by atoms with Crippen molar-refractivity contribution in [3.63, 3.8) is 0 Å². The Hall–Kier alpha value is -5.61. The van der Waals surface area contributed by atoms with Crippen molar-refractivity contribution in [2.75, 3.05) is 0 Å². The molecule has 0 amide bonds. The third-order valence-electron chi connectivity index (χ3n) is 7.75. The number of aromatic nitrogens is 4. The molecule has 192 valence electrons. The van der Waals surface area contributed by atoms with Crippen LogP contribution in [0.3, 0.4) is 0 Å². The third-order valence-corrected chi connectivity index (χ3v) is 7.75. The first kappa shape index (κ1) is 23.3. The van der Waals surface area contributed by atoms with Gasteiger partial charge in [0.15, 0.2) is 0 Å². The Morgan fingerprint density at radius 1 is 0.488 bits per heavy atom. The van der Waals surface area contributed by atoms with Crippen LogP contribution >= 0.6 is 0 Å². The molecule has 4 aromatic carbocycles. The highest BCUT2D eigenvalue weighted by molar-refractivity contribution is 6.08. The highest BCUT2D eigenvalue weighted by Crippen LogP contribution is 2.35. The minimum absolute atomic E-state index is 0.852. The van der Waals surface area contributed by atoms with E-state index in [0.29, 0.717) is 0 Å². The molecule has 8 aromatic rings. The van der Waals surface area contributed by atoms with Gasteiger partial charge in [-0.05, 0) is 70.4 Å². The number of hydrogen-bond donors (Lipinski definition) is 0. The number of pyridine rings is 3. The molecule has 4 nitrogen and oxygen atoms in total. The summed E-state index contributed by atoms with van der Waals surface area (Å²) in [6, 6.07) is 44.5. The van der Waals surface area contributed by atoms with Gasteiger partial charge in [0.1, 0.15) is 0 Å². The van der Waals surface area contributed by atoms with Gasteiger partial charge in [-0.1, -0.05) is 78.9 Å². The lowest BCUT2D eigenvalue weighted by molar-refractivity contribution is 1.17. The molecule has 0 N–H and O–H groups in total. The number of para-hydroxylation sites is 1. The Labute approximate surface area is 237 Å². The van der Waals surface area contributed by atoms with Crippen molar-refractivity contribution in [3.8, 4) is 39.5 Å². The van der Waals surface area contributed by atoms with Gasteiger partial charge in [-0.2, -0.15) is 0 Å². The van der Waals surface area contributed by atoms with Gasteiger partial charge in [0, 0.05) is 40.6 Å². The van der Waals surface area contributed by atoms with Crippen molar-refractivity contribution in [1.29, 1.82) is 0 Å². The summed E-state index contributed by atoms with van der Waals surface area (Å²) in [6.45, 7) is 0. The van der Waals surface area contributed by atoms with E-state index in [-0.39, 0.29) is 0 Å². The lowest BCUT2D eigenvalue weighted by atomic mass is 9.97. The minimum Gasteiger partial charge on any atom is -0.309 e. The van der Waals surface area contributed by atoms with Crippen LogP contribution in [0.15, 0.2) is 146 Å². The van der Waals surface area contributed by atoms with Crippen LogP contribution in [-0.4, -0.2) is 19.5 Å². The Morgan fingerprint density at radius 2 is 1.24 bits per heavy atom. The average molecular weight is 525 g/mol. The molecule has 0 aliphatic heterocycles. The second-order valence-corrected chi connectivity index (χ2v) is 10.2. The van der Waals surface area contributed by atoms with Crippen molar-refractivity contribution in [1.82, 2.24) is 19.5 Å². The second-order valence-electron chi connectivity index (χ2n) is 10.2. The van der Waals surface area contributed by atoms with Crippen LogP contribution in [0.5, 0.6) is 0 Å². The lowest BCUT2D eigenvalue weighted by Gasteiger charge is -2.13. The molecule has 0 aliphatic rings. The Balaban J connectivity index is 1.29. The van der Waals surface area contributed by atoms with Crippen LogP contribution in [0.1, 0.15) is 0 Å². The van der Waals surface area contributed by atoms with E-state index in [2.05, 4.69) is 124 Å². The zero-order valence-corrected chi connectivity index (χ0v) is 22.1. The van der Waals surface area contributed by atoms with E-state index in [1.165, 1.54) is 21.7 Å². The number of rotatable bonds is 4. The maximum absolute atomic E-state index is 5.10. The molecule has 41 heavy (non-hydrogen) atoms. The van der Waals surface area contributed by atoms with E-state index in [1.807, 2.05) is 36.8 Å². The topological polar surface area (TPSA) is 43.6 Å². The number of fused-ring (bicyclic) bond motifs is 4. The van der Waals surface area contributed by atoms with Crippen molar-refractivity contribution in [2.24, 2.45) is 0 Å². The van der Waals surface area contributed by atoms with Crippen molar-refractivity contribution >= 4 is 32.6 Å². The van der Waals surface area contributed by atoms with Gasteiger partial charge < -0.3 is 4.57 Å². The molecule has 0 bridgehead atoms. The van der Waals surface area contributed by atoms with Gasteiger partial charge >= 0.3 is 0 Å². The smallest absolute Gasteiger partial charge is 0.0899 e. The second kappa shape index (κ2) is 9.54. The van der Waals surface area contributed by atoms with Crippen molar-refractivity contribution in [2.45, 2.75) is 0 Å². The molecule has 4 heterocycles. The molecule has 0 saturated heterocycles. The molecular weight excluding hydrogens is 500 g/mol. The van der Waals surface area contributed by atoms with E-state index < -0.39 is 0 Å². The predicted octanol–water partition coefficient (Wildman–Crippen LogP) is 9.12. The SMILES string of the molecule is c1ccc(-c2cc(-c3ccc(-n4c5ccccc5c5cnccc54)cc3)cc(-c3cccc4ccccc34)n2)nc1. The molecule has 4 aromatic heterocycles. The summed E-state index contributed by atoms with van der Waals surface area (Å²) in [5, 5.41) is 4.74. The fourth-order valence-electron chi connectivity index (χ4n) is 5.83. The Kier molecular flexibility index (Phi) is 5.42. The highest BCUT2D eigenvalue weighted by atomic mass is 15.0. The first-order valence-electron chi connectivity index (χ1n) is 13.7. The number of nitrogens with zero attached hydrogens (tertiary/aromatic N) is 4. The van der Waals surface area contributed by atoms with E-state index >= 15 is 0 Å². The molecule has 8 rings (SSSR count). The first-order chi connectivity index (χ1) is 20.3. The van der Waals surface area contributed by atoms with Crippen molar-refractivity contribution < 1.29 is 0 Å². The molecule has 0 fully saturated rings. The van der Waals surface area contributed by atoms with Crippen LogP contribution in [0.4, 0.5) is 0 Å². The fraction of sp³-hybridized carbons (Fsp3) is 0. The van der Waals surface area contributed by atoms with E-state index in [0.717, 1.165) is 50.4 Å². The largest absolute Gasteiger partial charge is 0.309 e. The normalized spacial score (nSPS) is 11.4. The summed E-state index contributed by atoms with van der Waals surface area (Å²) in [5.74, 6) is 0. The summed E-state index contributed by atoms with van der Waals surface area (Å²) in [6.07, 6.45) is 5.63. The third kappa shape index (κ3) is 3.97. The van der Waals surface area contributed by atoms with Gasteiger partial charge in [0.05, 0.1) is 28.1 Å². The Morgan fingerprint density at radius 3 is 2.12 bits per heavy atom. The van der Waals surface area contributed by atoms with Crippen LogP contribution in [0.25, 0.3) is 72.0 Å². The minimum atomic E-state index is 0.852. The van der Waals surface area contributed by atoms with Gasteiger partial charge in [0.25, 0.3) is 0 Å².